The van der Waals surface area contributed by atoms with Crippen LogP contribution in [0.2, 0.25) is 0 Å². The zero-order valence-corrected chi connectivity index (χ0v) is 9.84. The molecule has 18 heavy (non-hydrogen) atoms. The van der Waals surface area contributed by atoms with Gasteiger partial charge in [-0.2, -0.15) is 0 Å². The molecule has 0 saturated heterocycles. The van der Waals surface area contributed by atoms with Crippen molar-refractivity contribution in [3.8, 4) is 0 Å². The summed E-state index contributed by atoms with van der Waals surface area (Å²) in [6.07, 6.45) is 3.96. The molecule has 0 aliphatic carbocycles. The number of nitrogens with zero attached hydrogens (tertiary/aromatic N) is 2. The van der Waals surface area contributed by atoms with Crippen LogP contribution in [0, 0.1) is 0 Å². The number of nitrogen functional groups attached to an aromatic ring is 1. The summed E-state index contributed by atoms with van der Waals surface area (Å²) in [4.78, 5) is 19.9. The van der Waals surface area contributed by atoms with Crippen molar-refractivity contribution < 1.29 is 4.79 Å². The van der Waals surface area contributed by atoms with E-state index in [0.717, 1.165) is 5.69 Å². The van der Waals surface area contributed by atoms with Crippen LogP contribution in [-0.4, -0.2) is 22.4 Å². The molecule has 0 aliphatic rings. The lowest BCUT2D eigenvalue weighted by molar-refractivity contribution is 0.0950. The number of rotatable bonds is 4. The van der Waals surface area contributed by atoms with E-state index < -0.39 is 0 Å². The highest BCUT2D eigenvalue weighted by Crippen LogP contribution is 2.06. The summed E-state index contributed by atoms with van der Waals surface area (Å²) >= 11 is 0. The maximum absolute atomic E-state index is 11.8. The molecule has 0 radical (unpaired) electrons. The van der Waals surface area contributed by atoms with Crippen LogP contribution in [0.1, 0.15) is 16.2 Å². The lowest BCUT2D eigenvalue weighted by atomic mass is 10.2. The quantitative estimate of drug-likeness (QED) is 0.839. The average molecular weight is 242 g/mol. The molecule has 2 aromatic heterocycles. The number of hydrogen-bond acceptors (Lipinski definition) is 4. The molecule has 2 aromatic rings. The van der Waals surface area contributed by atoms with E-state index in [-0.39, 0.29) is 11.6 Å². The first-order valence-electron chi connectivity index (χ1n) is 5.66. The van der Waals surface area contributed by atoms with Crippen molar-refractivity contribution in [2.45, 2.75) is 6.42 Å². The largest absolute Gasteiger partial charge is 0.397 e. The van der Waals surface area contributed by atoms with E-state index >= 15 is 0 Å². The summed E-state index contributed by atoms with van der Waals surface area (Å²) in [5, 5.41) is 2.77. The van der Waals surface area contributed by atoms with Gasteiger partial charge in [-0.05, 0) is 24.3 Å². The number of amides is 1. The minimum Gasteiger partial charge on any atom is -0.397 e. The third-order valence-electron chi connectivity index (χ3n) is 2.45. The van der Waals surface area contributed by atoms with E-state index in [1.807, 2.05) is 18.2 Å². The van der Waals surface area contributed by atoms with Crippen LogP contribution in [0.25, 0.3) is 0 Å². The van der Waals surface area contributed by atoms with Gasteiger partial charge in [0.05, 0.1) is 5.69 Å². The van der Waals surface area contributed by atoms with Crippen molar-refractivity contribution in [1.82, 2.24) is 15.3 Å². The second kappa shape index (κ2) is 5.77. The first-order valence-corrected chi connectivity index (χ1v) is 5.66. The Labute approximate surface area is 105 Å². The van der Waals surface area contributed by atoms with E-state index in [1.54, 1.807) is 24.5 Å². The third kappa shape index (κ3) is 3.04. The van der Waals surface area contributed by atoms with Crippen molar-refractivity contribution >= 4 is 11.6 Å². The van der Waals surface area contributed by atoms with Gasteiger partial charge in [0.15, 0.2) is 5.69 Å². The van der Waals surface area contributed by atoms with Crippen molar-refractivity contribution in [3.63, 3.8) is 0 Å². The summed E-state index contributed by atoms with van der Waals surface area (Å²) in [5.74, 6) is -0.260. The van der Waals surface area contributed by atoms with Crippen LogP contribution >= 0.6 is 0 Å². The first kappa shape index (κ1) is 12.0. The lowest BCUT2D eigenvalue weighted by Gasteiger charge is -2.06. The third-order valence-corrected chi connectivity index (χ3v) is 2.45. The Hall–Kier alpha value is -2.43. The molecule has 0 saturated carbocycles. The molecule has 5 heteroatoms. The molecule has 5 nitrogen and oxygen atoms in total. The highest BCUT2D eigenvalue weighted by atomic mass is 16.1. The molecule has 3 N–H and O–H groups in total. The fourth-order valence-corrected chi connectivity index (χ4v) is 1.54. The van der Waals surface area contributed by atoms with Gasteiger partial charge in [0.25, 0.3) is 5.91 Å². The predicted octanol–water partition coefficient (Wildman–Crippen LogP) is 1.03. The van der Waals surface area contributed by atoms with Crippen molar-refractivity contribution in [2.75, 3.05) is 12.3 Å². The molecule has 0 aliphatic heterocycles. The van der Waals surface area contributed by atoms with Crippen molar-refractivity contribution in [3.05, 3.63) is 54.1 Å². The lowest BCUT2D eigenvalue weighted by Crippen LogP contribution is -2.27. The summed E-state index contributed by atoms with van der Waals surface area (Å²) in [5.41, 5.74) is 7.25. The molecule has 0 atom stereocenters. The van der Waals surface area contributed by atoms with Gasteiger partial charge >= 0.3 is 0 Å². The Bertz CT molecular complexity index is 528. The van der Waals surface area contributed by atoms with Gasteiger partial charge in [0.2, 0.25) is 0 Å². The predicted molar refractivity (Wildman–Crippen MR) is 68.9 cm³/mol. The summed E-state index contributed by atoms with van der Waals surface area (Å²) in [6, 6.07) is 9.04. The van der Waals surface area contributed by atoms with Crippen molar-refractivity contribution in [2.24, 2.45) is 0 Å². The Balaban J connectivity index is 1.88. The molecule has 0 fully saturated rings. The van der Waals surface area contributed by atoms with Gasteiger partial charge in [-0.3, -0.25) is 9.78 Å². The zero-order valence-electron chi connectivity index (χ0n) is 9.84. The molecule has 2 heterocycles. The SMILES string of the molecule is Nc1cccnc1C(=O)NCCc1ccccn1. The number of anilines is 1. The van der Waals surface area contributed by atoms with Crippen LogP contribution < -0.4 is 11.1 Å². The van der Waals surface area contributed by atoms with Gasteiger partial charge in [-0.25, -0.2) is 4.98 Å². The molecular formula is C13H14N4O. The van der Waals surface area contributed by atoms with Gasteiger partial charge in [0.1, 0.15) is 0 Å². The minimum atomic E-state index is -0.260. The normalized spacial score (nSPS) is 10.0. The fourth-order valence-electron chi connectivity index (χ4n) is 1.54. The number of nitrogens with one attached hydrogen (secondary N) is 1. The smallest absolute Gasteiger partial charge is 0.272 e. The molecule has 0 aromatic carbocycles. The number of carbonyl (C=O) groups excluding carboxylic acids is 1. The number of nitrogens with two attached hydrogens (primary N) is 1. The van der Waals surface area contributed by atoms with Crippen molar-refractivity contribution in [1.29, 1.82) is 0 Å². The monoisotopic (exact) mass is 242 g/mol. The topological polar surface area (TPSA) is 80.9 Å². The maximum Gasteiger partial charge on any atom is 0.272 e. The Kier molecular flexibility index (Phi) is 3.86. The number of carbonyl (C=O) groups is 1. The van der Waals surface area contributed by atoms with Crippen LogP contribution in [0.5, 0.6) is 0 Å². The van der Waals surface area contributed by atoms with E-state index in [2.05, 4.69) is 15.3 Å². The highest BCUT2D eigenvalue weighted by molar-refractivity contribution is 5.96. The van der Waals surface area contributed by atoms with E-state index in [9.17, 15) is 4.79 Å². The first-order chi connectivity index (χ1) is 8.77. The standard InChI is InChI=1S/C13H14N4O/c14-11-5-3-8-16-12(11)13(18)17-9-6-10-4-1-2-7-15-10/h1-5,7-8H,6,9,14H2,(H,17,18). The van der Waals surface area contributed by atoms with E-state index in [1.165, 1.54) is 0 Å². The summed E-state index contributed by atoms with van der Waals surface area (Å²) < 4.78 is 0. The molecule has 0 spiro atoms. The van der Waals surface area contributed by atoms with Crippen LogP contribution in [0.3, 0.4) is 0 Å². The van der Waals surface area contributed by atoms with Crippen LogP contribution in [0.4, 0.5) is 5.69 Å². The minimum absolute atomic E-state index is 0.260. The average Bonchev–Trinajstić information content (AvgIpc) is 2.40. The molecule has 0 bridgehead atoms. The van der Waals surface area contributed by atoms with E-state index in [4.69, 9.17) is 5.73 Å². The van der Waals surface area contributed by atoms with Gasteiger partial charge in [0, 0.05) is 31.1 Å². The molecular weight excluding hydrogens is 228 g/mol. The van der Waals surface area contributed by atoms with Gasteiger partial charge in [-0.1, -0.05) is 6.07 Å². The molecule has 2 rings (SSSR count). The Morgan fingerprint density at radius 2 is 2.00 bits per heavy atom. The molecule has 1 amide bonds. The van der Waals surface area contributed by atoms with Crippen LogP contribution in [-0.2, 0) is 6.42 Å². The van der Waals surface area contributed by atoms with Gasteiger partial charge < -0.3 is 11.1 Å². The molecule has 92 valence electrons. The Morgan fingerprint density at radius 3 is 2.72 bits per heavy atom. The summed E-state index contributed by atoms with van der Waals surface area (Å²) in [7, 11) is 0. The number of pyridine rings is 2. The van der Waals surface area contributed by atoms with E-state index in [0.29, 0.717) is 18.7 Å². The number of hydrogen-bond donors (Lipinski definition) is 2. The van der Waals surface area contributed by atoms with Crippen LogP contribution in [0.15, 0.2) is 42.7 Å². The number of aromatic nitrogens is 2. The highest BCUT2D eigenvalue weighted by Gasteiger charge is 2.09. The van der Waals surface area contributed by atoms with Gasteiger partial charge in [-0.15, -0.1) is 0 Å². The second-order valence-electron chi connectivity index (χ2n) is 3.77. The Morgan fingerprint density at radius 1 is 1.17 bits per heavy atom. The summed E-state index contributed by atoms with van der Waals surface area (Å²) in [6.45, 7) is 0.506. The maximum atomic E-state index is 11.8. The second-order valence-corrected chi connectivity index (χ2v) is 3.77. The zero-order chi connectivity index (χ0) is 12.8. The molecule has 0 unspecified atom stereocenters. The fraction of sp³-hybridized carbons (Fsp3) is 0.154.